The molecule has 0 aliphatic rings. The summed E-state index contributed by atoms with van der Waals surface area (Å²) in [5.74, 6) is 0.974. The van der Waals surface area contributed by atoms with E-state index < -0.39 is 0 Å². The van der Waals surface area contributed by atoms with Gasteiger partial charge in [0, 0.05) is 12.0 Å². The molecule has 2 heterocycles. The molecule has 1 N–H and O–H groups in total. The lowest BCUT2D eigenvalue weighted by molar-refractivity contribution is 0.0966. The van der Waals surface area contributed by atoms with Crippen molar-refractivity contribution in [2.75, 3.05) is 0 Å². The number of nitrogens with zero attached hydrogens (tertiary/aromatic N) is 1. The number of hydrogen-bond acceptors (Lipinski definition) is 3. The summed E-state index contributed by atoms with van der Waals surface area (Å²) in [6.07, 6.45) is 1.74. The van der Waals surface area contributed by atoms with Gasteiger partial charge in [0.1, 0.15) is 5.82 Å². The first-order valence-electron chi connectivity index (χ1n) is 7.51. The van der Waals surface area contributed by atoms with Gasteiger partial charge in [-0.2, -0.15) is 0 Å². The van der Waals surface area contributed by atoms with Crippen LogP contribution in [-0.2, 0) is 6.42 Å². The molecule has 0 atom stereocenters. The van der Waals surface area contributed by atoms with Gasteiger partial charge < -0.3 is 9.40 Å². The number of fused-ring (bicyclic) bond motifs is 1. The van der Waals surface area contributed by atoms with E-state index in [0.29, 0.717) is 16.6 Å². The molecule has 118 valence electrons. The maximum Gasteiger partial charge on any atom is 0.202 e. The number of aromatic amines is 1. The number of carbonyl (C=O) groups excluding carboxylic acids is 1. The van der Waals surface area contributed by atoms with Crippen molar-refractivity contribution in [3.05, 3.63) is 77.2 Å². The molecule has 0 aliphatic heterocycles. The van der Waals surface area contributed by atoms with Crippen LogP contribution in [0.15, 0.2) is 65.3 Å². The van der Waals surface area contributed by atoms with Crippen molar-refractivity contribution < 1.29 is 9.21 Å². The Morgan fingerprint density at radius 3 is 2.79 bits per heavy atom. The summed E-state index contributed by atoms with van der Waals surface area (Å²) in [5.41, 5.74) is 3.45. The lowest BCUT2D eigenvalue weighted by Crippen LogP contribution is -2.02. The number of ketones is 1. The number of carbonyl (C=O) groups is 1. The van der Waals surface area contributed by atoms with Gasteiger partial charge in [0.15, 0.2) is 5.76 Å². The number of nitrogens with one attached hydrogen (secondary N) is 1. The molecule has 2 aromatic carbocycles. The van der Waals surface area contributed by atoms with E-state index in [2.05, 4.69) is 9.97 Å². The van der Waals surface area contributed by atoms with Crippen LogP contribution in [0.4, 0.5) is 0 Å². The monoisotopic (exact) mass is 336 g/mol. The molecule has 0 aliphatic carbocycles. The van der Waals surface area contributed by atoms with E-state index in [1.165, 1.54) is 6.26 Å². The predicted molar refractivity (Wildman–Crippen MR) is 93.3 cm³/mol. The van der Waals surface area contributed by atoms with Crippen LogP contribution in [0, 0.1) is 0 Å². The van der Waals surface area contributed by atoms with Crippen molar-refractivity contribution in [1.82, 2.24) is 9.97 Å². The van der Waals surface area contributed by atoms with E-state index in [1.54, 1.807) is 18.2 Å². The second-order valence-corrected chi connectivity index (χ2v) is 5.90. The Morgan fingerprint density at radius 2 is 2.00 bits per heavy atom. The van der Waals surface area contributed by atoms with Gasteiger partial charge in [0.05, 0.1) is 22.3 Å². The summed E-state index contributed by atoms with van der Waals surface area (Å²) in [6, 6.07) is 16.7. The van der Waals surface area contributed by atoms with E-state index in [4.69, 9.17) is 16.0 Å². The Kier molecular flexibility index (Phi) is 3.67. The molecule has 24 heavy (non-hydrogen) atoms. The van der Waals surface area contributed by atoms with Crippen molar-refractivity contribution in [2.24, 2.45) is 0 Å². The number of hydrogen-bond donors (Lipinski definition) is 1. The highest BCUT2D eigenvalue weighted by atomic mass is 35.5. The average Bonchev–Trinajstić information content (AvgIpc) is 3.25. The first kappa shape index (κ1) is 14.7. The number of furan rings is 1. The third kappa shape index (κ3) is 2.72. The molecule has 0 amide bonds. The van der Waals surface area contributed by atoms with E-state index in [-0.39, 0.29) is 12.2 Å². The van der Waals surface area contributed by atoms with Crippen molar-refractivity contribution in [3.8, 4) is 11.4 Å². The van der Waals surface area contributed by atoms with E-state index in [9.17, 15) is 4.79 Å². The molecule has 0 spiro atoms. The van der Waals surface area contributed by atoms with E-state index >= 15 is 0 Å². The number of imidazole rings is 1. The summed E-state index contributed by atoms with van der Waals surface area (Å²) < 4.78 is 5.15. The van der Waals surface area contributed by atoms with Crippen molar-refractivity contribution in [2.45, 2.75) is 6.42 Å². The average molecular weight is 337 g/mol. The largest absolute Gasteiger partial charge is 0.461 e. The van der Waals surface area contributed by atoms with Crippen molar-refractivity contribution in [3.63, 3.8) is 0 Å². The lowest BCUT2D eigenvalue weighted by atomic mass is 10.0. The van der Waals surface area contributed by atoms with Crippen LogP contribution in [0.3, 0.4) is 0 Å². The van der Waals surface area contributed by atoms with Gasteiger partial charge in [0.25, 0.3) is 0 Å². The molecule has 5 heteroatoms. The maximum absolute atomic E-state index is 12.2. The SMILES string of the molecule is O=C(Cc1ccc(Cl)c(-c2nc3ccccc3[nH]2)c1)c1ccco1. The standard InChI is InChI=1S/C19H13ClN2O2/c20-14-8-7-12(11-17(23)18-6-3-9-24-18)10-13(14)19-21-15-4-1-2-5-16(15)22-19/h1-10H,11H2,(H,21,22). The number of para-hydroxylation sites is 2. The molecule has 2 aromatic heterocycles. The fraction of sp³-hybridized carbons (Fsp3) is 0.0526. The number of benzene rings is 2. The summed E-state index contributed by atoms with van der Waals surface area (Å²) in [6.45, 7) is 0. The molecule has 4 nitrogen and oxygen atoms in total. The first-order valence-corrected chi connectivity index (χ1v) is 7.89. The fourth-order valence-electron chi connectivity index (χ4n) is 2.65. The minimum Gasteiger partial charge on any atom is -0.461 e. The number of rotatable bonds is 4. The number of H-pyrrole nitrogens is 1. The van der Waals surface area contributed by atoms with Gasteiger partial charge in [-0.15, -0.1) is 0 Å². The minimum atomic E-state index is -0.0714. The highest BCUT2D eigenvalue weighted by Crippen LogP contribution is 2.29. The van der Waals surface area contributed by atoms with Crippen LogP contribution < -0.4 is 0 Å². The molecular weight excluding hydrogens is 324 g/mol. The molecule has 4 aromatic rings. The van der Waals surface area contributed by atoms with Crippen LogP contribution in [-0.4, -0.2) is 15.8 Å². The summed E-state index contributed by atoms with van der Waals surface area (Å²) in [5, 5.41) is 0.586. The smallest absolute Gasteiger partial charge is 0.202 e. The molecule has 4 rings (SSSR count). The van der Waals surface area contributed by atoms with Crippen molar-refractivity contribution >= 4 is 28.4 Å². The maximum atomic E-state index is 12.2. The Morgan fingerprint density at radius 1 is 1.12 bits per heavy atom. The highest BCUT2D eigenvalue weighted by Gasteiger charge is 2.13. The second-order valence-electron chi connectivity index (χ2n) is 5.49. The molecule has 0 saturated carbocycles. The van der Waals surface area contributed by atoms with Crippen molar-refractivity contribution in [1.29, 1.82) is 0 Å². The van der Waals surface area contributed by atoms with Gasteiger partial charge >= 0.3 is 0 Å². The second kappa shape index (κ2) is 5.98. The van der Waals surface area contributed by atoms with Crippen LogP contribution in [0.2, 0.25) is 5.02 Å². The molecule has 0 bridgehead atoms. The Labute approximate surface area is 143 Å². The molecule has 0 saturated heterocycles. The van der Waals surface area contributed by atoms with Crippen LogP contribution >= 0.6 is 11.6 Å². The normalized spacial score (nSPS) is 11.0. The van der Waals surface area contributed by atoms with Gasteiger partial charge in [-0.25, -0.2) is 4.98 Å². The molecule has 0 unspecified atom stereocenters. The lowest BCUT2D eigenvalue weighted by Gasteiger charge is -2.05. The molecule has 0 fully saturated rings. The zero-order valence-corrected chi connectivity index (χ0v) is 13.4. The first-order chi connectivity index (χ1) is 11.7. The van der Waals surface area contributed by atoms with Gasteiger partial charge in [0.2, 0.25) is 5.78 Å². The zero-order chi connectivity index (χ0) is 16.5. The zero-order valence-electron chi connectivity index (χ0n) is 12.6. The topological polar surface area (TPSA) is 58.9 Å². The fourth-order valence-corrected chi connectivity index (χ4v) is 2.86. The van der Waals surface area contributed by atoms with E-state index in [0.717, 1.165) is 22.2 Å². The van der Waals surface area contributed by atoms with Gasteiger partial charge in [-0.1, -0.05) is 29.8 Å². The molecule has 0 radical (unpaired) electrons. The summed E-state index contributed by atoms with van der Waals surface area (Å²) >= 11 is 6.33. The minimum absolute atomic E-state index is 0.0714. The highest BCUT2D eigenvalue weighted by molar-refractivity contribution is 6.33. The Hall–Kier alpha value is -2.85. The van der Waals surface area contributed by atoms with Crippen LogP contribution in [0.5, 0.6) is 0 Å². The summed E-state index contributed by atoms with van der Waals surface area (Å²) in [4.78, 5) is 20.0. The number of Topliss-reactive ketones (excluding diaryl/α,β-unsaturated/α-hetero) is 1. The van der Waals surface area contributed by atoms with E-state index in [1.807, 2.05) is 36.4 Å². The third-order valence-corrected chi connectivity index (χ3v) is 4.17. The Bertz CT molecular complexity index is 986. The predicted octanol–water partition coefficient (Wildman–Crippen LogP) is 4.90. The third-order valence-electron chi connectivity index (χ3n) is 3.84. The van der Waals surface area contributed by atoms with Gasteiger partial charge in [-0.05, 0) is 42.0 Å². The number of aromatic nitrogens is 2. The van der Waals surface area contributed by atoms with Gasteiger partial charge in [-0.3, -0.25) is 4.79 Å². The number of halogens is 1. The Balaban J connectivity index is 1.69. The quantitative estimate of drug-likeness (QED) is 0.539. The molecular formula is C19H13ClN2O2. The van der Waals surface area contributed by atoms with Crippen LogP contribution in [0.25, 0.3) is 22.4 Å². The summed E-state index contributed by atoms with van der Waals surface area (Å²) in [7, 11) is 0. The van der Waals surface area contributed by atoms with Crippen LogP contribution in [0.1, 0.15) is 16.1 Å².